The van der Waals surface area contributed by atoms with Crippen molar-refractivity contribution in [1.29, 1.82) is 0 Å². The number of hydrogen-bond donors (Lipinski definition) is 2. The minimum atomic E-state index is -3.61. The summed E-state index contributed by atoms with van der Waals surface area (Å²) in [5.41, 5.74) is 1.22. The maximum Gasteiger partial charge on any atom is 0.251 e. The normalized spacial score (nSPS) is 16.1. The van der Waals surface area contributed by atoms with Gasteiger partial charge in [-0.15, -0.1) is 0 Å². The number of carbonyl (C=O) groups is 1. The zero-order chi connectivity index (χ0) is 23.2. The van der Waals surface area contributed by atoms with Gasteiger partial charge in [0.15, 0.2) is 0 Å². The van der Waals surface area contributed by atoms with Crippen LogP contribution < -0.4 is 10.0 Å². The van der Waals surface area contributed by atoms with Gasteiger partial charge in [-0.2, -0.15) is 0 Å². The van der Waals surface area contributed by atoms with E-state index in [9.17, 15) is 13.2 Å². The smallest absolute Gasteiger partial charge is 0.251 e. The maximum absolute atomic E-state index is 12.4. The molecular formula is C24H34N4O3S. The van der Waals surface area contributed by atoms with Crippen molar-refractivity contribution < 1.29 is 13.2 Å². The number of rotatable bonds is 8. The molecular weight excluding hydrogens is 424 g/mol. The SMILES string of the molecule is CC(C)(C)NS(=O)(=O)c1ccc(C(=O)NCCN2CCN(Cc3ccccc3)CC2)cc1. The maximum atomic E-state index is 12.4. The van der Waals surface area contributed by atoms with Crippen LogP contribution in [-0.2, 0) is 16.6 Å². The number of amides is 1. The molecule has 0 bridgehead atoms. The number of carbonyl (C=O) groups excluding carboxylic acids is 1. The van der Waals surface area contributed by atoms with Gasteiger partial charge in [0.2, 0.25) is 10.0 Å². The second-order valence-electron chi connectivity index (χ2n) is 9.24. The van der Waals surface area contributed by atoms with Crippen molar-refractivity contribution >= 4 is 15.9 Å². The van der Waals surface area contributed by atoms with E-state index >= 15 is 0 Å². The van der Waals surface area contributed by atoms with Crippen LogP contribution >= 0.6 is 0 Å². The van der Waals surface area contributed by atoms with Gasteiger partial charge in [-0.1, -0.05) is 30.3 Å². The molecule has 0 atom stereocenters. The van der Waals surface area contributed by atoms with Gasteiger partial charge < -0.3 is 5.32 Å². The minimum Gasteiger partial charge on any atom is -0.351 e. The highest BCUT2D eigenvalue weighted by molar-refractivity contribution is 7.89. The highest BCUT2D eigenvalue weighted by Gasteiger charge is 2.22. The zero-order valence-corrected chi connectivity index (χ0v) is 20.0. The Balaban J connectivity index is 1.41. The van der Waals surface area contributed by atoms with Crippen LogP contribution in [0.15, 0.2) is 59.5 Å². The van der Waals surface area contributed by atoms with Crippen molar-refractivity contribution in [3.05, 3.63) is 65.7 Å². The lowest BCUT2D eigenvalue weighted by molar-refractivity contribution is 0.0934. The number of hydrogen-bond acceptors (Lipinski definition) is 5. The molecule has 2 aromatic rings. The summed E-state index contributed by atoms with van der Waals surface area (Å²) in [6.45, 7) is 11.7. The molecule has 1 heterocycles. The van der Waals surface area contributed by atoms with Gasteiger partial charge in [-0.25, -0.2) is 13.1 Å². The van der Waals surface area contributed by atoms with Crippen molar-refractivity contribution in [3.8, 4) is 0 Å². The summed E-state index contributed by atoms with van der Waals surface area (Å²) in [6.07, 6.45) is 0. The lowest BCUT2D eigenvalue weighted by Crippen LogP contribution is -2.48. The van der Waals surface area contributed by atoms with Crippen molar-refractivity contribution in [2.45, 2.75) is 37.8 Å². The average Bonchev–Trinajstić information content (AvgIpc) is 2.74. The van der Waals surface area contributed by atoms with Crippen LogP contribution in [0.4, 0.5) is 0 Å². The van der Waals surface area contributed by atoms with Crippen molar-refractivity contribution in [1.82, 2.24) is 19.8 Å². The summed E-state index contributed by atoms with van der Waals surface area (Å²) in [5, 5.41) is 2.93. The molecule has 2 aromatic carbocycles. The Morgan fingerprint density at radius 1 is 0.906 bits per heavy atom. The quantitative estimate of drug-likeness (QED) is 0.635. The minimum absolute atomic E-state index is 0.150. The van der Waals surface area contributed by atoms with Crippen molar-refractivity contribution in [2.24, 2.45) is 0 Å². The lowest BCUT2D eigenvalue weighted by atomic mass is 10.1. The Morgan fingerprint density at radius 3 is 2.09 bits per heavy atom. The fourth-order valence-corrected chi connectivity index (χ4v) is 5.11. The van der Waals surface area contributed by atoms with E-state index in [0.717, 1.165) is 39.3 Å². The van der Waals surface area contributed by atoms with Crippen LogP contribution in [0.1, 0.15) is 36.7 Å². The Labute approximate surface area is 191 Å². The molecule has 7 nitrogen and oxygen atoms in total. The van der Waals surface area contributed by atoms with Crippen LogP contribution in [0, 0.1) is 0 Å². The number of sulfonamides is 1. The van der Waals surface area contributed by atoms with E-state index in [4.69, 9.17) is 0 Å². The first-order chi connectivity index (χ1) is 15.1. The van der Waals surface area contributed by atoms with E-state index in [-0.39, 0.29) is 10.8 Å². The van der Waals surface area contributed by atoms with E-state index in [0.29, 0.717) is 12.1 Å². The Bertz CT molecular complexity index is 978. The first kappa shape index (κ1) is 24.4. The molecule has 32 heavy (non-hydrogen) atoms. The highest BCUT2D eigenvalue weighted by Crippen LogP contribution is 2.14. The van der Waals surface area contributed by atoms with E-state index in [1.165, 1.54) is 17.7 Å². The van der Waals surface area contributed by atoms with Crippen LogP contribution in [0.25, 0.3) is 0 Å². The fourth-order valence-electron chi connectivity index (χ4n) is 3.69. The second-order valence-corrected chi connectivity index (χ2v) is 10.9. The first-order valence-corrected chi connectivity index (χ1v) is 12.5. The van der Waals surface area contributed by atoms with Gasteiger partial charge in [-0.05, 0) is 50.6 Å². The molecule has 1 aliphatic heterocycles. The highest BCUT2D eigenvalue weighted by atomic mass is 32.2. The average molecular weight is 459 g/mol. The monoisotopic (exact) mass is 458 g/mol. The summed E-state index contributed by atoms with van der Waals surface area (Å²) < 4.78 is 27.4. The molecule has 3 rings (SSSR count). The van der Waals surface area contributed by atoms with Gasteiger partial charge in [0.05, 0.1) is 4.90 Å². The van der Waals surface area contributed by atoms with Crippen LogP contribution in [0.3, 0.4) is 0 Å². The molecule has 2 N–H and O–H groups in total. The molecule has 1 aliphatic rings. The molecule has 0 saturated carbocycles. The summed E-state index contributed by atoms with van der Waals surface area (Å²) in [6, 6.07) is 16.5. The van der Waals surface area contributed by atoms with Crippen LogP contribution in [-0.4, -0.2) is 68.9 Å². The van der Waals surface area contributed by atoms with Crippen molar-refractivity contribution in [3.63, 3.8) is 0 Å². The molecule has 8 heteroatoms. The number of piperazine rings is 1. The number of nitrogens with one attached hydrogen (secondary N) is 2. The third kappa shape index (κ3) is 7.41. The molecule has 174 valence electrons. The number of benzene rings is 2. The zero-order valence-electron chi connectivity index (χ0n) is 19.2. The topological polar surface area (TPSA) is 81.7 Å². The third-order valence-electron chi connectivity index (χ3n) is 5.29. The van der Waals surface area contributed by atoms with Crippen molar-refractivity contribution in [2.75, 3.05) is 39.3 Å². The molecule has 0 spiro atoms. The van der Waals surface area contributed by atoms with E-state index in [2.05, 4.69) is 44.1 Å². The van der Waals surface area contributed by atoms with Crippen LogP contribution in [0.5, 0.6) is 0 Å². The molecule has 0 aliphatic carbocycles. The van der Waals surface area contributed by atoms with Gasteiger partial charge in [0.1, 0.15) is 0 Å². The largest absolute Gasteiger partial charge is 0.351 e. The summed E-state index contributed by atoms with van der Waals surface area (Å²) in [5.74, 6) is -0.194. The molecule has 0 unspecified atom stereocenters. The fraction of sp³-hybridized carbons (Fsp3) is 0.458. The molecule has 0 radical (unpaired) electrons. The summed E-state index contributed by atoms with van der Waals surface area (Å²) >= 11 is 0. The predicted octanol–water partition coefficient (Wildman–Crippen LogP) is 2.31. The van der Waals surface area contributed by atoms with E-state index < -0.39 is 15.6 Å². The Hall–Kier alpha value is -2.26. The van der Waals surface area contributed by atoms with E-state index in [1.807, 2.05) is 6.07 Å². The number of nitrogens with zero attached hydrogens (tertiary/aromatic N) is 2. The van der Waals surface area contributed by atoms with Gasteiger partial charge in [0.25, 0.3) is 5.91 Å². The molecule has 1 amide bonds. The summed E-state index contributed by atoms with van der Waals surface area (Å²) in [7, 11) is -3.61. The van der Waals surface area contributed by atoms with Gasteiger partial charge in [0, 0.05) is 56.9 Å². The van der Waals surface area contributed by atoms with Gasteiger partial charge >= 0.3 is 0 Å². The van der Waals surface area contributed by atoms with E-state index in [1.54, 1.807) is 32.9 Å². The first-order valence-electron chi connectivity index (χ1n) is 11.0. The third-order valence-corrected chi connectivity index (χ3v) is 7.07. The van der Waals surface area contributed by atoms with Gasteiger partial charge in [-0.3, -0.25) is 14.6 Å². The summed E-state index contributed by atoms with van der Waals surface area (Å²) in [4.78, 5) is 17.4. The predicted molar refractivity (Wildman–Crippen MR) is 127 cm³/mol. The molecule has 1 fully saturated rings. The molecule has 0 aromatic heterocycles. The lowest BCUT2D eigenvalue weighted by Gasteiger charge is -2.34. The second kappa shape index (κ2) is 10.6. The standard InChI is InChI=1S/C24H34N4O3S/c1-24(2,3)26-32(30,31)22-11-9-21(10-12-22)23(29)25-13-14-27-15-17-28(18-16-27)19-20-7-5-4-6-8-20/h4-12,26H,13-19H2,1-3H3,(H,25,29). The Kier molecular flexibility index (Phi) is 8.05. The Morgan fingerprint density at radius 2 is 1.50 bits per heavy atom. The molecule has 1 saturated heterocycles. The van der Waals surface area contributed by atoms with Crippen LogP contribution in [0.2, 0.25) is 0 Å².